The molecule has 0 saturated heterocycles. The summed E-state index contributed by atoms with van der Waals surface area (Å²) in [6, 6.07) is 0. The monoisotopic (exact) mass is 89.1 g/mol. The molecule has 0 aromatic carbocycles. The van der Waals surface area contributed by atoms with E-state index in [2.05, 4.69) is 10.1 Å². The SMILES string of the molecule is CNC([NH])OC. The molecule has 0 rings (SSSR count). The van der Waals surface area contributed by atoms with E-state index in [1.165, 1.54) is 7.11 Å². The predicted molar refractivity (Wildman–Crippen MR) is 23.0 cm³/mol. The van der Waals surface area contributed by atoms with Crippen LogP contribution in [0.1, 0.15) is 0 Å². The molecular weight excluding hydrogens is 80.0 g/mol. The quantitative estimate of drug-likeness (QED) is 0.460. The highest BCUT2D eigenvalue weighted by Crippen LogP contribution is 1.66. The van der Waals surface area contributed by atoms with E-state index < -0.39 is 6.35 Å². The molecule has 0 aromatic rings. The van der Waals surface area contributed by atoms with Gasteiger partial charge in [-0.1, -0.05) is 0 Å². The van der Waals surface area contributed by atoms with E-state index in [1.807, 2.05) is 0 Å². The van der Waals surface area contributed by atoms with Gasteiger partial charge < -0.3 is 4.74 Å². The van der Waals surface area contributed by atoms with E-state index in [-0.39, 0.29) is 0 Å². The molecule has 0 aromatic heterocycles. The second-order valence-corrected chi connectivity index (χ2v) is 0.904. The van der Waals surface area contributed by atoms with E-state index in [0.717, 1.165) is 0 Å². The van der Waals surface area contributed by atoms with E-state index in [1.54, 1.807) is 7.05 Å². The van der Waals surface area contributed by atoms with Crippen molar-refractivity contribution in [2.45, 2.75) is 6.35 Å². The zero-order valence-electron chi connectivity index (χ0n) is 3.99. The second-order valence-electron chi connectivity index (χ2n) is 0.904. The van der Waals surface area contributed by atoms with Crippen LogP contribution in [0.5, 0.6) is 0 Å². The minimum absolute atomic E-state index is 0.565. The van der Waals surface area contributed by atoms with Gasteiger partial charge in [-0.2, -0.15) is 0 Å². The van der Waals surface area contributed by atoms with Gasteiger partial charge in [0.2, 0.25) is 0 Å². The van der Waals surface area contributed by atoms with Crippen LogP contribution < -0.4 is 11.1 Å². The summed E-state index contributed by atoms with van der Waals surface area (Å²) >= 11 is 0. The Labute approximate surface area is 37.5 Å². The molecule has 2 N–H and O–H groups in total. The highest BCUT2D eigenvalue weighted by molar-refractivity contribution is 4.28. The zero-order chi connectivity index (χ0) is 4.99. The van der Waals surface area contributed by atoms with Gasteiger partial charge in [0, 0.05) is 7.11 Å². The molecule has 0 fully saturated rings. The smallest absolute Gasteiger partial charge is 0.175 e. The van der Waals surface area contributed by atoms with E-state index >= 15 is 0 Å². The molecule has 0 bridgehead atoms. The molecule has 1 radical (unpaired) electrons. The zero-order valence-corrected chi connectivity index (χ0v) is 3.99. The van der Waals surface area contributed by atoms with Gasteiger partial charge >= 0.3 is 0 Å². The maximum atomic E-state index is 6.74. The van der Waals surface area contributed by atoms with Gasteiger partial charge in [-0.05, 0) is 7.05 Å². The Morgan fingerprint density at radius 3 is 2.33 bits per heavy atom. The van der Waals surface area contributed by atoms with Crippen molar-refractivity contribution in [3.63, 3.8) is 0 Å². The van der Waals surface area contributed by atoms with Crippen LogP contribution in [0.3, 0.4) is 0 Å². The lowest BCUT2D eigenvalue weighted by molar-refractivity contribution is 0.0802. The second kappa shape index (κ2) is 3.08. The van der Waals surface area contributed by atoms with E-state index in [9.17, 15) is 0 Å². The molecule has 37 valence electrons. The summed E-state index contributed by atoms with van der Waals surface area (Å²) in [5.74, 6) is 0. The Hall–Kier alpha value is -0.120. The molecule has 0 saturated carbocycles. The summed E-state index contributed by atoms with van der Waals surface area (Å²) in [6.45, 7) is 0. The maximum absolute atomic E-state index is 6.74. The Morgan fingerprint density at radius 1 is 1.83 bits per heavy atom. The summed E-state index contributed by atoms with van der Waals surface area (Å²) in [5, 5.41) is 2.56. The summed E-state index contributed by atoms with van der Waals surface area (Å²) in [7, 11) is 3.15. The van der Waals surface area contributed by atoms with Crippen molar-refractivity contribution >= 4 is 0 Å². The van der Waals surface area contributed by atoms with Gasteiger partial charge in [0.1, 0.15) is 0 Å². The van der Waals surface area contributed by atoms with Gasteiger partial charge in [-0.3, -0.25) is 5.32 Å². The van der Waals surface area contributed by atoms with Crippen LogP contribution in [-0.2, 0) is 4.74 Å². The number of hydrogen-bond acceptors (Lipinski definition) is 2. The van der Waals surface area contributed by atoms with Crippen molar-refractivity contribution < 1.29 is 4.74 Å². The van der Waals surface area contributed by atoms with Crippen LogP contribution in [-0.4, -0.2) is 20.5 Å². The van der Waals surface area contributed by atoms with Crippen molar-refractivity contribution in [3.8, 4) is 0 Å². The first-order valence-corrected chi connectivity index (χ1v) is 1.72. The van der Waals surface area contributed by atoms with Crippen LogP contribution in [0.4, 0.5) is 0 Å². The third kappa shape index (κ3) is 2.14. The van der Waals surface area contributed by atoms with Gasteiger partial charge in [0.15, 0.2) is 6.35 Å². The Balaban J connectivity index is 2.75. The molecule has 3 heteroatoms. The third-order valence-corrected chi connectivity index (χ3v) is 0.498. The average molecular weight is 89.1 g/mol. The molecule has 1 atom stereocenters. The highest BCUT2D eigenvalue weighted by Gasteiger charge is 1.87. The fraction of sp³-hybridized carbons (Fsp3) is 1.00. The number of methoxy groups -OCH3 is 1. The minimum Gasteiger partial charge on any atom is -0.352 e. The molecule has 0 amide bonds. The Morgan fingerprint density at radius 2 is 2.33 bits per heavy atom. The molecule has 0 aliphatic carbocycles. The normalized spacial score (nSPS) is 14.5. The fourth-order valence-electron chi connectivity index (χ4n) is 0.118. The van der Waals surface area contributed by atoms with Crippen LogP contribution in [0.2, 0.25) is 0 Å². The predicted octanol–water partition coefficient (Wildman–Crippen LogP) is -0.581. The lowest BCUT2D eigenvalue weighted by atomic mass is 11.0. The number of ether oxygens (including phenoxy) is 1. The van der Waals surface area contributed by atoms with Crippen molar-refractivity contribution in [1.29, 1.82) is 0 Å². The largest absolute Gasteiger partial charge is 0.352 e. The van der Waals surface area contributed by atoms with Gasteiger partial charge in [-0.25, -0.2) is 5.73 Å². The van der Waals surface area contributed by atoms with Crippen molar-refractivity contribution in [2.75, 3.05) is 14.2 Å². The van der Waals surface area contributed by atoms with E-state index in [4.69, 9.17) is 5.73 Å². The van der Waals surface area contributed by atoms with Gasteiger partial charge in [-0.15, -0.1) is 0 Å². The average Bonchev–Trinajstić information content (AvgIpc) is 1.65. The van der Waals surface area contributed by atoms with E-state index in [0.29, 0.717) is 0 Å². The standard InChI is InChI=1S/C3H9N2O/c1-5-3(4)6-2/h3-5H,1-2H3. The molecule has 1 unspecified atom stereocenters. The minimum atomic E-state index is -0.565. The molecule has 0 heterocycles. The lowest BCUT2D eigenvalue weighted by Crippen LogP contribution is -2.27. The highest BCUT2D eigenvalue weighted by atomic mass is 16.5. The molecular formula is C3H9N2O. The van der Waals surface area contributed by atoms with Gasteiger partial charge in [0.25, 0.3) is 0 Å². The van der Waals surface area contributed by atoms with Crippen LogP contribution in [0.15, 0.2) is 0 Å². The number of rotatable bonds is 2. The van der Waals surface area contributed by atoms with Crippen molar-refractivity contribution in [3.05, 3.63) is 0 Å². The topological polar surface area (TPSA) is 45.1 Å². The first-order valence-electron chi connectivity index (χ1n) is 1.72. The summed E-state index contributed by atoms with van der Waals surface area (Å²) < 4.78 is 4.45. The summed E-state index contributed by atoms with van der Waals surface area (Å²) in [5.41, 5.74) is 6.74. The van der Waals surface area contributed by atoms with Crippen molar-refractivity contribution in [2.24, 2.45) is 0 Å². The fourth-order valence-corrected chi connectivity index (χ4v) is 0.118. The van der Waals surface area contributed by atoms with Gasteiger partial charge in [0.05, 0.1) is 0 Å². The van der Waals surface area contributed by atoms with Crippen LogP contribution in [0, 0.1) is 0 Å². The Kier molecular flexibility index (Phi) is 3.02. The molecule has 6 heavy (non-hydrogen) atoms. The summed E-state index contributed by atoms with van der Waals surface area (Å²) in [4.78, 5) is 0. The Bertz CT molecular complexity index is 28.0. The van der Waals surface area contributed by atoms with Crippen LogP contribution >= 0.6 is 0 Å². The van der Waals surface area contributed by atoms with Crippen LogP contribution in [0.25, 0.3) is 0 Å². The number of hydrogen-bond donors (Lipinski definition) is 1. The first-order chi connectivity index (χ1) is 2.81. The molecule has 3 nitrogen and oxygen atoms in total. The molecule has 0 spiro atoms. The lowest BCUT2D eigenvalue weighted by Gasteiger charge is -2.02. The third-order valence-electron chi connectivity index (χ3n) is 0.498. The molecule has 0 aliphatic heterocycles. The molecule has 0 aliphatic rings. The maximum Gasteiger partial charge on any atom is 0.175 e. The number of nitrogens with one attached hydrogen (secondary N) is 2. The first kappa shape index (κ1) is 5.88. The van der Waals surface area contributed by atoms with Crippen molar-refractivity contribution in [1.82, 2.24) is 11.1 Å². The summed E-state index contributed by atoms with van der Waals surface area (Å²) in [6.07, 6.45) is -0.565.